The zero-order chi connectivity index (χ0) is 44.3. The first-order chi connectivity index (χ1) is 28.3. The number of carbonyl (C=O) groups excluding carboxylic acids is 2. The van der Waals surface area contributed by atoms with Gasteiger partial charge < -0.3 is 37.3 Å². The first-order valence-electron chi connectivity index (χ1n) is 23.5. The molecule has 2 saturated heterocycles. The molecule has 10 atom stereocenters. The highest BCUT2D eigenvalue weighted by molar-refractivity contribution is 6.74. The van der Waals surface area contributed by atoms with E-state index in [4.69, 9.17) is 32.2 Å². The van der Waals surface area contributed by atoms with Crippen molar-refractivity contribution in [3.05, 3.63) is 47.0 Å². The zero-order valence-corrected chi connectivity index (χ0v) is 42.5. The number of ketones is 1. The predicted octanol–water partition coefficient (Wildman–Crippen LogP) is 10.2. The summed E-state index contributed by atoms with van der Waals surface area (Å²) in [6.45, 7) is 29.6. The maximum absolute atomic E-state index is 16.8. The lowest BCUT2D eigenvalue weighted by atomic mass is 9.45. The van der Waals surface area contributed by atoms with Gasteiger partial charge in [0.1, 0.15) is 23.9 Å². The molecule has 2 heterocycles. The Bertz CT molecular complexity index is 1730. The van der Waals surface area contributed by atoms with E-state index in [1.165, 1.54) is 6.92 Å². The van der Waals surface area contributed by atoms with Gasteiger partial charge in [0.15, 0.2) is 36.3 Å². The van der Waals surface area contributed by atoms with Gasteiger partial charge in [-0.3, -0.25) is 9.59 Å². The second kappa shape index (κ2) is 17.1. The number of rotatable bonds is 17. The fourth-order valence-corrected chi connectivity index (χ4v) is 20.8. The van der Waals surface area contributed by atoms with Crippen molar-refractivity contribution in [3.8, 4) is 0 Å². The third-order valence-electron chi connectivity index (χ3n) is 17.2. The van der Waals surface area contributed by atoms with Crippen molar-refractivity contribution in [1.29, 1.82) is 0 Å². The minimum atomic E-state index is -2.55. The van der Waals surface area contributed by atoms with E-state index in [2.05, 4.69) is 83.1 Å². The Morgan fingerprint density at radius 1 is 0.817 bits per heavy atom. The summed E-state index contributed by atoms with van der Waals surface area (Å²) < 4.78 is 51.7. The number of fused-ring (bicyclic) bond motifs is 5. The monoisotopic (exact) mass is 886 g/mol. The summed E-state index contributed by atoms with van der Waals surface area (Å²) in [6.07, 6.45) is -3.51. The number of esters is 1. The molecule has 3 aliphatic carbocycles. The van der Waals surface area contributed by atoms with Crippen molar-refractivity contribution < 1.29 is 46.9 Å². The summed E-state index contributed by atoms with van der Waals surface area (Å²) in [7, 11) is -7.47. The second-order valence-electron chi connectivity index (χ2n) is 19.5. The van der Waals surface area contributed by atoms with Gasteiger partial charge in [-0.15, -0.1) is 0 Å². The highest BCUT2D eigenvalue weighted by atomic mass is 28.4. The van der Waals surface area contributed by atoms with Crippen LogP contribution in [0.1, 0.15) is 115 Å². The number of hydrogen-bond donors (Lipinski definition) is 1. The predicted molar refractivity (Wildman–Crippen MR) is 242 cm³/mol. The van der Waals surface area contributed by atoms with E-state index in [1.54, 1.807) is 0 Å². The molecule has 5 aliphatic rings. The van der Waals surface area contributed by atoms with Crippen molar-refractivity contribution in [2.24, 2.45) is 16.7 Å². The van der Waals surface area contributed by atoms with Gasteiger partial charge >= 0.3 is 11.9 Å². The SMILES string of the molecule is CC[Si](CC)(CC)O[C@H]1C(=O)[C@]2(C)[C@@H](O[Si](CC)(CC)CC)C[C@H]3OC[C@@]3(OC(C)=O)[C@H]2[C@@H]2O[C@](O[Si](CC)(CC)CC)(c3ccccc3)O[C@]23C[C@H](O)C(C)=C1C3(C)C. The fraction of sp³-hybridized carbons (Fsp3) is 0.787. The Hall–Kier alpha value is -1.53. The van der Waals surface area contributed by atoms with Gasteiger partial charge in [0.25, 0.3) is 0 Å². The van der Waals surface area contributed by atoms with E-state index >= 15 is 4.79 Å². The van der Waals surface area contributed by atoms with E-state index in [1.807, 2.05) is 37.3 Å². The van der Waals surface area contributed by atoms with Crippen LogP contribution >= 0.6 is 0 Å². The molecule has 10 nitrogen and oxygen atoms in total. The molecule has 0 aromatic heterocycles. The van der Waals surface area contributed by atoms with Crippen molar-refractivity contribution >= 4 is 36.7 Å². The summed E-state index contributed by atoms with van der Waals surface area (Å²) in [5.41, 5.74) is -2.62. The fourth-order valence-electron chi connectivity index (χ4n) is 12.4. The highest BCUT2D eigenvalue weighted by Gasteiger charge is 2.82. The molecule has 2 saturated carbocycles. The lowest BCUT2D eigenvalue weighted by Gasteiger charge is -2.68. The Morgan fingerprint density at radius 2 is 1.35 bits per heavy atom. The summed E-state index contributed by atoms with van der Waals surface area (Å²) in [6, 6.07) is 17.6. The average molecular weight is 887 g/mol. The standard InChI is InChI=1S/C47H78O10Si3/c1-15-58(16-2,17-3)54-36-29-37-45(31-51-37,52-33(11)48)40-42-46(56-47(53-42,34-27-25-24-26-28-34)57-60(21-7,22-8)23-9)30-35(49)32(10)38(43(46,12)13)39(41(50)44(36,40)14)55-59(18-4,19-5)20-6/h24-28,35-37,39-40,42,49H,15-23,29-31H2,1-14H3/t35-,36-,37+,39+,40-,42-,44+,45-,46+,47+/m0/s1. The Balaban J connectivity index is 1.77. The zero-order valence-electron chi connectivity index (χ0n) is 39.5. The van der Waals surface area contributed by atoms with Crippen LogP contribution < -0.4 is 0 Å². The molecule has 0 amide bonds. The smallest absolute Gasteiger partial charge is 0.303 e. The van der Waals surface area contributed by atoms with Crippen LogP contribution in [0.25, 0.3) is 0 Å². The minimum Gasteiger partial charge on any atom is -0.454 e. The molecule has 338 valence electrons. The number of carbonyl (C=O) groups is 2. The molecule has 1 N–H and O–H groups in total. The molecule has 1 spiro atoms. The Morgan fingerprint density at radius 3 is 1.83 bits per heavy atom. The number of aliphatic hydroxyl groups excluding tert-OH is 1. The van der Waals surface area contributed by atoms with E-state index in [-0.39, 0.29) is 18.8 Å². The number of aliphatic hydroxyl groups is 1. The summed E-state index contributed by atoms with van der Waals surface area (Å²) in [5.74, 6) is -3.08. The van der Waals surface area contributed by atoms with E-state index in [0.29, 0.717) is 12.0 Å². The molecular formula is C47H78O10Si3. The van der Waals surface area contributed by atoms with Crippen LogP contribution in [-0.4, -0.2) is 90.1 Å². The quantitative estimate of drug-likeness (QED) is 0.0920. The van der Waals surface area contributed by atoms with Gasteiger partial charge in [0.2, 0.25) is 0 Å². The summed E-state index contributed by atoms with van der Waals surface area (Å²) in [5, 5.41) is 12.6. The molecule has 0 unspecified atom stereocenters. The van der Waals surface area contributed by atoms with Crippen LogP contribution in [0, 0.1) is 16.7 Å². The largest absolute Gasteiger partial charge is 0.454 e. The van der Waals surface area contributed by atoms with Crippen LogP contribution in [0.2, 0.25) is 54.4 Å². The molecular weight excluding hydrogens is 809 g/mol. The van der Waals surface area contributed by atoms with Crippen LogP contribution in [0.4, 0.5) is 0 Å². The molecule has 13 heteroatoms. The van der Waals surface area contributed by atoms with Crippen LogP contribution in [0.15, 0.2) is 41.5 Å². The molecule has 1 aromatic rings. The molecule has 60 heavy (non-hydrogen) atoms. The first-order valence-corrected chi connectivity index (χ1v) is 31.1. The third kappa shape index (κ3) is 7.01. The Kier molecular flexibility index (Phi) is 13.7. The molecule has 4 fully saturated rings. The van der Waals surface area contributed by atoms with E-state index < -0.39 is 95.4 Å². The normalized spacial score (nSPS) is 36.4. The number of ether oxygens (including phenoxy) is 4. The minimum absolute atomic E-state index is 0.0932. The lowest BCUT2D eigenvalue weighted by molar-refractivity contribution is -0.350. The van der Waals surface area contributed by atoms with Crippen LogP contribution in [0.3, 0.4) is 0 Å². The molecule has 0 radical (unpaired) electrons. The average Bonchev–Trinajstić information content (AvgIpc) is 3.57. The van der Waals surface area contributed by atoms with Crippen LogP contribution in [-0.2, 0) is 47.8 Å². The maximum Gasteiger partial charge on any atom is 0.303 e. The number of hydrogen-bond acceptors (Lipinski definition) is 10. The first kappa shape index (κ1) is 47.9. The van der Waals surface area contributed by atoms with Crippen molar-refractivity contribution in [2.75, 3.05) is 6.61 Å². The van der Waals surface area contributed by atoms with Crippen LogP contribution in [0.5, 0.6) is 0 Å². The third-order valence-corrected chi connectivity index (χ3v) is 31.1. The van der Waals surface area contributed by atoms with Crippen molar-refractivity contribution in [1.82, 2.24) is 0 Å². The van der Waals surface area contributed by atoms with Gasteiger partial charge in [0, 0.05) is 36.7 Å². The maximum atomic E-state index is 16.8. The number of Topliss-reactive ketones (excluding diaryl/α,β-unsaturated/α-hetero) is 1. The van der Waals surface area contributed by atoms with Gasteiger partial charge in [-0.25, -0.2) is 0 Å². The topological polar surface area (TPSA) is 119 Å². The van der Waals surface area contributed by atoms with Crippen molar-refractivity contribution in [2.45, 2.75) is 212 Å². The second-order valence-corrected chi connectivity index (χ2v) is 33.7. The van der Waals surface area contributed by atoms with Gasteiger partial charge in [-0.1, -0.05) is 106 Å². The Labute approximate surface area is 364 Å². The van der Waals surface area contributed by atoms with E-state index in [9.17, 15) is 9.90 Å². The number of benzene rings is 1. The summed E-state index contributed by atoms with van der Waals surface area (Å²) >= 11 is 0. The molecule has 1 aromatic carbocycles. The van der Waals surface area contributed by atoms with Gasteiger partial charge in [-0.2, -0.15) is 0 Å². The van der Waals surface area contributed by atoms with Gasteiger partial charge in [0.05, 0.1) is 24.2 Å². The molecule has 6 rings (SSSR count). The van der Waals surface area contributed by atoms with Crippen molar-refractivity contribution in [3.63, 3.8) is 0 Å². The summed E-state index contributed by atoms with van der Waals surface area (Å²) in [4.78, 5) is 30.3. The van der Waals surface area contributed by atoms with E-state index in [0.717, 1.165) is 65.5 Å². The highest BCUT2D eigenvalue weighted by Crippen LogP contribution is 2.70. The molecule has 2 aliphatic heterocycles. The lowest BCUT2D eigenvalue weighted by Crippen LogP contribution is -2.81. The van der Waals surface area contributed by atoms with Gasteiger partial charge in [-0.05, 0) is 79.4 Å². The molecule has 2 bridgehead atoms.